The van der Waals surface area contributed by atoms with Crippen molar-refractivity contribution in [1.82, 2.24) is 5.48 Å². The van der Waals surface area contributed by atoms with Gasteiger partial charge >= 0.3 is 0 Å². The number of halogens is 1. The van der Waals surface area contributed by atoms with Crippen molar-refractivity contribution < 1.29 is 14.0 Å². The molecule has 0 atom stereocenters. The largest absolute Gasteiger partial charge is 0.280 e. The maximum atomic E-state index is 12.7. The average Bonchev–Trinajstić information content (AvgIpc) is 1.86. The number of rotatable bonds is 4. The van der Waals surface area contributed by atoms with Crippen LogP contribution in [-0.4, -0.2) is 18.2 Å². The molecule has 0 spiro atoms. The summed E-state index contributed by atoms with van der Waals surface area (Å²) in [6, 6.07) is 0. The van der Waals surface area contributed by atoms with E-state index in [0.29, 0.717) is 0 Å². The van der Waals surface area contributed by atoms with E-state index < -0.39 is 11.6 Å². The van der Waals surface area contributed by atoms with Gasteiger partial charge in [-0.15, -0.1) is 6.58 Å². The highest BCUT2D eigenvalue weighted by molar-refractivity contribution is 5.83. The molecule has 0 unspecified atom stereocenters. The molecular formula is C7H12FNO2. The van der Waals surface area contributed by atoms with Crippen LogP contribution in [0.3, 0.4) is 0 Å². The van der Waals surface area contributed by atoms with Crippen molar-refractivity contribution in [3.63, 3.8) is 0 Å². The predicted octanol–water partition coefficient (Wildman–Crippen LogP) is 0.968. The van der Waals surface area contributed by atoms with Gasteiger partial charge < -0.3 is 0 Å². The molecule has 1 amide bonds. The lowest BCUT2D eigenvalue weighted by atomic mass is 10.2. The Morgan fingerprint density at radius 2 is 2.36 bits per heavy atom. The summed E-state index contributed by atoms with van der Waals surface area (Å²) in [7, 11) is 0. The van der Waals surface area contributed by atoms with E-state index in [1.165, 1.54) is 6.08 Å². The van der Waals surface area contributed by atoms with E-state index in [9.17, 15) is 9.18 Å². The molecular weight excluding hydrogens is 149 g/mol. The maximum absolute atomic E-state index is 12.7. The summed E-state index contributed by atoms with van der Waals surface area (Å²) >= 11 is 0. The number of alkyl halides is 1. The Balaban J connectivity index is 3.62. The fourth-order valence-electron chi connectivity index (χ4n) is 0.287. The van der Waals surface area contributed by atoms with Crippen LogP contribution >= 0.6 is 0 Å². The topological polar surface area (TPSA) is 38.3 Å². The van der Waals surface area contributed by atoms with Crippen LogP contribution in [0.15, 0.2) is 12.7 Å². The van der Waals surface area contributed by atoms with Crippen molar-refractivity contribution >= 4 is 5.91 Å². The molecule has 64 valence electrons. The second-order valence-electron chi connectivity index (χ2n) is 2.50. The van der Waals surface area contributed by atoms with Crippen molar-refractivity contribution in [3.8, 4) is 0 Å². The van der Waals surface area contributed by atoms with E-state index in [4.69, 9.17) is 0 Å². The molecule has 0 aromatic rings. The van der Waals surface area contributed by atoms with E-state index >= 15 is 0 Å². The third-order valence-electron chi connectivity index (χ3n) is 0.906. The summed E-state index contributed by atoms with van der Waals surface area (Å²) in [5, 5.41) is 0. The van der Waals surface area contributed by atoms with Crippen LogP contribution in [0.4, 0.5) is 4.39 Å². The Kier molecular flexibility index (Phi) is 3.74. The number of hydroxylamine groups is 1. The molecule has 0 bridgehead atoms. The number of hydrogen-bond donors (Lipinski definition) is 1. The van der Waals surface area contributed by atoms with E-state index in [1.807, 2.05) is 5.48 Å². The molecule has 1 N–H and O–H groups in total. The summed E-state index contributed by atoms with van der Waals surface area (Å²) in [5.41, 5.74) is 0.0367. The van der Waals surface area contributed by atoms with E-state index in [2.05, 4.69) is 11.4 Å². The van der Waals surface area contributed by atoms with Crippen LogP contribution in [0.1, 0.15) is 13.8 Å². The van der Waals surface area contributed by atoms with Gasteiger partial charge in [0.15, 0.2) is 5.67 Å². The minimum atomic E-state index is -1.90. The summed E-state index contributed by atoms with van der Waals surface area (Å²) < 4.78 is 12.7. The monoisotopic (exact) mass is 161 g/mol. The van der Waals surface area contributed by atoms with Crippen molar-refractivity contribution in [1.29, 1.82) is 0 Å². The van der Waals surface area contributed by atoms with Gasteiger partial charge in [0.2, 0.25) is 0 Å². The summed E-state index contributed by atoms with van der Waals surface area (Å²) in [6.07, 6.45) is 1.45. The quantitative estimate of drug-likeness (QED) is 0.379. The zero-order valence-electron chi connectivity index (χ0n) is 6.69. The second-order valence-corrected chi connectivity index (χ2v) is 2.50. The highest BCUT2D eigenvalue weighted by Crippen LogP contribution is 2.06. The zero-order chi connectivity index (χ0) is 8.91. The number of amides is 1. The average molecular weight is 161 g/mol. The standard InChI is InChI=1S/C7H12FNO2/c1-4-5-11-9-6(10)7(2,3)8/h4H,1,5H2,2-3H3,(H,9,10). The molecule has 0 aliphatic rings. The second kappa shape index (κ2) is 4.08. The molecule has 3 nitrogen and oxygen atoms in total. The minimum absolute atomic E-state index is 0.168. The third-order valence-corrected chi connectivity index (χ3v) is 0.906. The molecule has 0 aliphatic carbocycles. The van der Waals surface area contributed by atoms with Gasteiger partial charge in [-0.3, -0.25) is 9.63 Å². The molecule has 4 heteroatoms. The molecule has 0 rings (SSSR count). The first kappa shape index (κ1) is 10.1. The number of carbonyl (C=O) groups is 1. The Hall–Kier alpha value is -0.900. The smallest absolute Gasteiger partial charge is 0.269 e. The molecule has 0 saturated carbocycles. The normalized spacial score (nSPS) is 10.8. The molecule has 0 saturated heterocycles. The molecule has 0 aromatic carbocycles. The highest BCUT2D eigenvalue weighted by Gasteiger charge is 2.26. The predicted molar refractivity (Wildman–Crippen MR) is 39.5 cm³/mol. The van der Waals surface area contributed by atoms with Crippen LogP contribution in [0.25, 0.3) is 0 Å². The molecule has 0 heterocycles. The van der Waals surface area contributed by atoms with E-state index in [-0.39, 0.29) is 6.61 Å². The maximum Gasteiger partial charge on any atom is 0.280 e. The van der Waals surface area contributed by atoms with Crippen LogP contribution in [0.5, 0.6) is 0 Å². The first-order chi connectivity index (χ1) is 4.98. The SMILES string of the molecule is C=CCONC(=O)C(C)(C)F. The van der Waals surface area contributed by atoms with Gasteiger partial charge in [0.05, 0.1) is 6.61 Å². The molecule has 11 heavy (non-hydrogen) atoms. The summed E-state index contributed by atoms with van der Waals surface area (Å²) in [6.45, 7) is 5.82. The van der Waals surface area contributed by atoms with Crippen molar-refractivity contribution in [2.24, 2.45) is 0 Å². The van der Waals surface area contributed by atoms with Crippen molar-refractivity contribution in [2.45, 2.75) is 19.5 Å². The Bertz CT molecular complexity index is 151. The van der Waals surface area contributed by atoms with Crippen LogP contribution in [0, 0.1) is 0 Å². The van der Waals surface area contributed by atoms with Gasteiger partial charge in [-0.25, -0.2) is 9.87 Å². The number of hydrogen-bond acceptors (Lipinski definition) is 2. The molecule has 0 radical (unpaired) electrons. The van der Waals surface area contributed by atoms with Crippen molar-refractivity contribution in [3.05, 3.63) is 12.7 Å². The Morgan fingerprint density at radius 3 is 2.73 bits per heavy atom. The first-order valence-electron chi connectivity index (χ1n) is 3.20. The Labute approximate surface area is 65.2 Å². The lowest BCUT2D eigenvalue weighted by molar-refractivity contribution is -0.142. The first-order valence-corrected chi connectivity index (χ1v) is 3.20. The fourth-order valence-corrected chi connectivity index (χ4v) is 0.287. The zero-order valence-corrected chi connectivity index (χ0v) is 6.69. The molecule has 0 fully saturated rings. The summed E-state index contributed by atoms with van der Waals surface area (Å²) in [4.78, 5) is 15.2. The van der Waals surface area contributed by atoms with Crippen molar-refractivity contribution in [2.75, 3.05) is 6.61 Å². The van der Waals surface area contributed by atoms with Crippen LogP contribution in [0.2, 0.25) is 0 Å². The van der Waals surface area contributed by atoms with E-state index in [0.717, 1.165) is 13.8 Å². The van der Waals surface area contributed by atoms with Gasteiger partial charge in [0, 0.05) is 0 Å². The minimum Gasteiger partial charge on any atom is -0.269 e. The lowest BCUT2D eigenvalue weighted by Crippen LogP contribution is -2.38. The van der Waals surface area contributed by atoms with Gasteiger partial charge in [0.1, 0.15) is 0 Å². The lowest BCUT2D eigenvalue weighted by Gasteiger charge is -2.12. The Morgan fingerprint density at radius 1 is 1.82 bits per heavy atom. The number of carbonyl (C=O) groups excluding carboxylic acids is 1. The summed E-state index contributed by atoms with van der Waals surface area (Å²) in [5.74, 6) is -0.792. The van der Waals surface area contributed by atoms with Gasteiger partial charge in [-0.2, -0.15) is 0 Å². The third kappa shape index (κ3) is 4.50. The van der Waals surface area contributed by atoms with Gasteiger partial charge in [-0.1, -0.05) is 6.08 Å². The molecule has 0 aliphatic heterocycles. The molecule has 0 aromatic heterocycles. The van der Waals surface area contributed by atoms with E-state index in [1.54, 1.807) is 0 Å². The van der Waals surface area contributed by atoms with Gasteiger partial charge in [-0.05, 0) is 13.8 Å². The van der Waals surface area contributed by atoms with Gasteiger partial charge in [0.25, 0.3) is 5.91 Å². The number of nitrogens with one attached hydrogen (secondary N) is 1. The van der Waals surface area contributed by atoms with Crippen LogP contribution in [-0.2, 0) is 9.63 Å². The fraction of sp³-hybridized carbons (Fsp3) is 0.571. The highest BCUT2D eigenvalue weighted by atomic mass is 19.1. The van der Waals surface area contributed by atoms with Crippen LogP contribution < -0.4 is 5.48 Å².